The number of hydrogen-bond donors (Lipinski definition) is 2. The number of ether oxygens (including phenoxy) is 1. The van der Waals surface area contributed by atoms with E-state index in [1.165, 1.54) is 13.2 Å². The molecule has 0 aliphatic heterocycles. The lowest BCUT2D eigenvalue weighted by atomic mass is 10.1. The van der Waals surface area contributed by atoms with Crippen molar-refractivity contribution in [2.45, 2.75) is 12.5 Å². The summed E-state index contributed by atoms with van der Waals surface area (Å²) in [5, 5.41) is 19.6. The normalized spacial score (nSPS) is 12.1. The molecule has 1 atom stereocenters. The number of fused-ring (bicyclic) bond motifs is 1. The smallest absolute Gasteiger partial charge is 0.306 e. The zero-order chi connectivity index (χ0) is 21.3. The molecule has 0 saturated heterocycles. The molecule has 0 aliphatic rings. The van der Waals surface area contributed by atoms with Crippen LogP contribution in [0, 0.1) is 5.82 Å². The zero-order valence-corrected chi connectivity index (χ0v) is 16.0. The highest BCUT2D eigenvalue weighted by Gasteiger charge is 2.15. The van der Waals surface area contributed by atoms with Crippen LogP contribution in [-0.4, -0.2) is 28.3 Å². The topological polar surface area (TPSA) is 92.8 Å². The average molecular weight is 407 g/mol. The highest BCUT2D eigenvalue weighted by Crippen LogP contribution is 2.31. The van der Waals surface area contributed by atoms with Gasteiger partial charge in [0.25, 0.3) is 0 Å². The summed E-state index contributed by atoms with van der Waals surface area (Å²) in [6, 6.07) is 14.8. The molecule has 4 aromatic rings. The van der Waals surface area contributed by atoms with Gasteiger partial charge in [-0.3, -0.25) is 9.78 Å². The Morgan fingerprint density at radius 3 is 2.70 bits per heavy atom. The maximum absolute atomic E-state index is 14.2. The number of aliphatic hydroxyl groups excluding tert-OH is 1. The van der Waals surface area contributed by atoms with Gasteiger partial charge in [-0.15, -0.1) is 0 Å². The number of carboxylic acid groups (broad SMARTS) is 1. The van der Waals surface area contributed by atoms with E-state index < -0.39 is 12.1 Å². The summed E-state index contributed by atoms with van der Waals surface area (Å²) in [5.41, 5.74) is 2.52. The Morgan fingerprint density at radius 2 is 2.00 bits per heavy atom. The van der Waals surface area contributed by atoms with Crippen molar-refractivity contribution in [3.63, 3.8) is 0 Å². The van der Waals surface area contributed by atoms with Crippen LogP contribution in [0.4, 0.5) is 4.39 Å². The number of aliphatic carboxylic acids is 1. The number of methoxy groups -OCH3 is 1. The second-order valence-corrected chi connectivity index (χ2v) is 6.80. The first kappa shape index (κ1) is 19.6. The highest BCUT2D eigenvalue weighted by atomic mass is 19.1. The van der Waals surface area contributed by atoms with E-state index in [-0.39, 0.29) is 12.2 Å². The maximum atomic E-state index is 14.2. The van der Waals surface area contributed by atoms with Crippen molar-refractivity contribution < 1.29 is 28.6 Å². The minimum Gasteiger partial charge on any atom is -0.497 e. The van der Waals surface area contributed by atoms with Gasteiger partial charge in [0.1, 0.15) is 22.8 Å². The van der Waals surface area contributed by atoms with Gasteiger partial charge in [-0.1, -0.05) is 18.2 Å². The fourth-order valence-electron chi connectivity index (χ4n) is 3.22. The molecular weight excluding hydrogens is 389 g/mol. The first-order valence-corrected chi connectivity index (χ1v) is 9.18. The molecule has 0 radical (unpaired) electrons. The number of furan rings is 1. The van der Waals surface area contributed by atoms with Crippen molar-refractivity contribution in [1.29, 1.82) is 0 Å². The Morgan fingerprint density at radius 1 is 1.17 bits per heavy atom. The lowest BCUT2D eigenvalue weighted by molar-refractivity contribution is -0.139. The molecular formula is C23H18FNO5. The maximum Gasteiger partial charge on any atom is 0.306 e. The Kier molecular flexibility index (Phi) is 5.20. The van der Waals surface area contributed by atoms with E-state index in [9.17, 15) is 14.3 Å². The van der Waals surface area contributed by atoms with Gasteiger partial charge in [0.05, 0.1) is 19.6 Å². The van der Waals surface area contributed by atoms with Crippen molar-refractivity contribution in [2.24, 2.45) is 0 Å². The van der Waals surface area contributed by atoms with Gasteiger partial charge < -0.3 is 19.4 Å². The third-order valence-corrected chi connectivity index (χ3v) is 4.80. The van der Waals surface area contributed by atoms with Crippen LogP contribution in [0.2, 0.25) is 0 Å². The molecule has 0 bridgehead atoms. The summed E-state index contributed by atoms with van der Waals surface area (Å²) in [5.74, 6) is -0.401. The number of carboxylic acids is 1. The molecule has 0 saturated carbocycles. The number of aromatic nitrogens is 1. The number of nitrogens with zero attached hydrogens (tertiary/aromatic N) is 1. The van der Waals surface area contributed by atoms with Crippen LogP contribution in [0.1, 0.15) is 18.1 Å². The van der Waals surface area contributed by atoms with E-state index in [1.54, 1.807) is 54.7 Å². The summed E-state index contributed by atoms with van der Waals surface area (Å²) in [6.45, 7) is 0. The molecule has 2 heterocycles. The molecule has 30 heavy (non-hydrogen) atoms. The Balaban J connectivity index is 1.63. The van der Waals surface area contributed by atoms with Crippen molar-refractivity contribution in [3.05, 3.63) is 72.2 Å². The van der Waals surface area contributed by atoms with Crippen LogP contribution in [-0.2, 0) is 4.79 Å². The number of halogens is 1. The fourth-order valence-corrected chi connectivity index (χ4v) is 3.22. The van der Waals surface area contributed by atoms with Crippen molar-refractivity contribution in [3.8, 4) is 28.3 Å². The van der Waals surface area contributed by atoms with E-state index in [2.05, 4.69) is 4.98 Å². The van der Waals surface area contributed by atoms with Gasteiger partial charge in [-0.05, 0) is 42.0 Å². The largest absolute Gasteiger partial charge is 0.497 e. The molecule has 0 aliphatic carbocycles. The average Bonchev–Trinajstić information content (AvgIpc) is 3.17. The molecule has 4 rings (SSSR count). The summed E-state index contributed by atoms with van der Waals surface area (Å²) >= 11 is 0. The molecule has 152 valence electrons. The molecule has 0 unspecified atom stereocenters. The first-order chi connectivity index (χ1) is 14.4. The second-order valence-electron chi connectivity index (χ2n) is 6.80. The standard InChI is InChI=1S/C23H18FNO5/c1-29-16-5-6-18(24)17(10-16)15-4-7-19(25-12-15)22-9-14-3-2-13(8-21(14)30-22)20(26)11-23(27)28/h2-10,12,20,26H,11H2,1H3,(H,27,28)/t20-/m1/s1. The fraction of sp³-hybridized carbons (Fsp3) is 0.130. The molecule has 6 nitrogen and oxygen atoms in total. The summed E-state index contributed by atoms with van der Waals surface area (Å²) < 4.78 is 25.2. The van der Waals surface area contributed by atoms with E-state index >= 15 is 0 Å². The van der Waals surface area contributed by atoms with Gasteiger partial charge >= 0.3 is 5.97 Å². The van der Waals surface area contributed by atoms with E-state index in [1.807, 2.05) is 0 Å². The summed E-state index contributed by atoms with van der Waals surface area (Å²) in [4.78, 5) is 15.2. The zero-order valence-electron chi connectivity index (χ0n) is 16.0. The van der Waals surface area contributed by atoms with Crippen LogP contribution in [0.5, 0.6) is 5.75 Å². The van der Waals surface area contributed by atoms with Crippen LogP contribution < -0.4 is 4.74 Å². The predicted molar refractivity (Wildman–Crippen MR) is 109 cm³/mol. The lowest BCUT2D eigenvalue weighted by Gasteiger charge is -2.07. The third-order valence-electron chi connectivity index (χ3n) is 4.80. The van der Waals surface area contributed by atoms with Crippen molar-refractivity contribution in [2.75, 3.05) is 7.11 Å². The minimum atomic E-state index is -1.12. The lowest BCUT2D eigenvalue weighted by Crippen LogP contribution is -2.05. The van der Waals surface area contributed by atoms with Crippen LogP contribution in [0.15, 0.2) is 65.2 Å². The SMILES string of the molecule is COc1ccc(F)c(-c2ccc(-c3cc4ccc([C@H](O)CC(=O)O)cc4o3)nc2)c1. The third kappa shape index (κ3) is 3.88. The van der Waals surface area contributed by atoms with Gasteiger partial charge in [-0.25, -0.2) is 4.39 Å². The first-order valence-electron chi connectivity index (χ1n) is 9.18. The molecule has 7 heteroatoms. The number of rotatable bonds is 6. The van der Waals surface area contributed by atoms with Crippen molar-refractivity contribution in [1.82, 2.24) is 4.98 Å². The number of carbonyl (C=O) groups is 1. The summed E-state index contributed by atoms with van der Waals surface area (Å²) in [6.07, 6.45) is 0.0568. The number of hydrogen-bond acceptors (Lipinski definition) is 5. The van der Waals surface area contributed by atoms with Crippen LogP contribution >= 0.6 is 0 Å². The number of benzene rings is 2. The Hall–Kier alpha value is -3.71. The van der Waals surface area contributed by atoms with Gasteiger partial charge in [0.2, 0.25) is 0 Å². The van der Waals surface area contributed by atoms with Gasteiger partial charge in [0, 0.05) is 22.7 Å². The molecule has 0 spiro atoms. The Labute approximate surface area is 171 Å². The van der Waals surface area contributed by atoms with E-state index in [0.29, 0.717) is 39.5 Å². The predicted octanol–water partition coefficient (Wildman–Crippen LogP) is 4.82. The molecule has 2 N–H and O–H groups in total. The molecule has 2 aromatic carbocycles. The molecule has 2 aromatic heterocycles. The van der Waals surface area contributed by atoms with Crippen LogP contribution in [0.25, 0.3) is 33.6 Å². The number of aliphatic hydroxyl groups is 1. The van der Waals surface area contributed by atoms with Gasteiger partial charge in [0.15, 0.2) is 5.76 Å². The quantitative estimate of drug-likeness (QED) is 0.476. The molecule has 0 fully saturated rings. The molecule has 0 amide bonds. The van der Waals surface area contributed by atoms with Gasteiger partial charge in [-0.2, -0.15) is 0 Å². The Bertz CT molecular complexity index is 1220. The van der Waals surface area contributed by atoms with Crippen LogP contribution in [0.3, 0.4) is 0 Å². The van der Waals surface area contributed by atoms with E-state index in [4.69, 9.17) is 14.3 Å². The van der Waals surface area contributed by atoms with E-state index in [0.717, 1.165) is 5.39 Å². The highest BCUT2D eigenvalue weighted by molar-refractivity contribution is 5.83. The van der Waals surface area contributed by atoms with Crippen molar-refractivity contribution >= 4 is 16.9 Å². The summed E-state index contributed by atoms with van der Waals surface area (Å²) in [7, 11) is 1.52. The minimum absolute atomic E-state index is 0.374. The second kappa shape index (κ2) is 7.96. The number of pyridine rings is 1. The monoisotopic (exact) mass is 407 g/mol.